The molecule has 30 heavy (non-hydrogen) atoms. The van der Waals surface area contributed by atoms with E-state index < -0.39 is 5.41 Å². The molecule has 3 aromatic rings. The van der Waals surface area contributed by atoms with Crippen molar-refractivity contribution in [1.82, 2.24) is 9.47 Å². The summed E-state index contributed by atoms with van der Waals surface area (Å²) >= 11 is 0. The minimum Gasteiger partial charge on any atom is -0.342 e. The summed E-state index contributed by atoms with van der Waals surface area (Å²) in [4.78, 5) is 15.4. The maximum absolute atomic E-state index is 13.5. The predicted octanol–water partition coefficient (Wildman–Crippen LogP) is 5.11. The van der Waals surface area contributed by atoms with E-state index in [2.05, 4.69) is 74.0 Å². The van der Waals surface area contributed by atoms with E-state index in [9.17, 15) is 4.79 Å². The summed E-state index contributed by atoms with van der Waals surface area (Å²) in [6.45, 7) is 12.4. The van der Waals surface area contributed by atoms with E-state index in [1.165, 1.54) is 16.8 Å². The molecule has 3 rings (SSSR count). The van der Waals surface area contributed by atoms with E-state index in [0.29, 0.717) is 6.54 Å². The molecular weight excluding hydrogens is 370 g/mol. The first-order valence-corrected chi connectivity index (χ1v) is 11.0. The molecule has 0 aliphatic rings. The molecule has 1 unspecified atom stereocenters. The molecule has 0 fully saturated rings. The summed E-state index contributed by atoms with van der Waals surface area (Å²) in [5.41, 5.74) is 11.1. The average Bonchev–Trinajstić information content (AvgIpc) is 3.15. The maximum atomic E-state index is 13.5. The predicted molar refractivity (Wildman–Crippen MR) is 126 cm³/mol. The topological polar surface area (TPSA) is 51.3 Å². The number of aromatic nitrogens is 1. The number of amides is 1. The van der Waals surface area contributed by atoms with Gasteiger partial charge in [0.25, 0.3) is 0 Å². The van der Waals surface area contributed by atoms with Gasteiger partial charge < -0.3 is 15.2 Å². The molecule has 0 saturated heterocycles. The molecule has 1 heterocycles. The standard InChI is InChI=1S/C26H35N3O/c1-6-28(7-2)25(30)26(5,12-8-13-27)22-9-10-24-21(18-22)11-14-29(24)23-16-19(3)15-20(4)17-23/h9-11,14-18H,6-8,12-13,27H2,1-5H3. The van der Waals surface area contributed by atoms with Crippen molar-refractivity contribution in [3.8, 4) is 5.69 Å². The zero-order valence-corrected chi connectivity index (χ0v) is 19.0. The van der Waals surface area contributed by atoms with Crippen LogP contribution >= 0.6 is 0 Å². The highest BCUT2D eigenvalue weighted by Crippen LogP contribution is 2.34. The van der Waals surface area contributed by atoms with Crippen molar-refractivity contribution in [3.63, 3.8) is 0 Å². The Morgan fingerprint density at radius 3 is 2.30 bits per heavy atom. The summed E-state index contributed by atoms with van der Waals surface area (Å²) < 4.78 is 2.22. The van der Waals surface area contributed by atoms with Gasteiger partial charge in [0, 0.05) is 30.4 Å². The molecule has 0 aliphatic heterocycles. The van der Waals surface area contributed by atoms with Crippen molar-refractivity contribution in [1.29, 1.82) is 0 Å². The zero-order valence-electron chi connectivity index (χ0n) is 19.0. The van der Waals surface area contributed by atoms with E-state index >= 15 is 0 Å². The number of hydrogen-bond donors (Lipinski definition) is 1. The third-order valence-electron chi connectivity index (χ3n) is 6.22. The van der Waals surface area contributed by atoms with Crippen LogP contribution in [0.5, 0.6) is 0 Å². The van der Waals surface area contributed by atoms with Gasteiger partial charge in [0.15, 0.2) is 0 Å². The Morgan fingerprint density at radius 1 is 1.03 bits per heavy atom. The summed E-state index contributed by atoms with van der Waals surface area (Å²) in [6.07, 6.45) is 3.69. The molecule has 2 N–H and O–H groups in total. The minimum atomic E-state index is -0.568. The van der Waals surface area contributed by atoms with E-state index in [4.69, 9.17) is 5.73 Å². The van der Waals surface area contributed by atoms with Crippen LogP contribution in [0.2, 0.25) is 0 Å². The largest absolute Gasteiger partial charge is 0.342 e. The lowest BCUT2D eigenvalue weighted by atomic mass is 9.76. The van der Waals surface area contributed by atoms with Crippen LogP contribution in [0.4, 0.5) is 0 Å². The number of carbonyl (C=O) groups is 1. The Morgan fingerprint density at radius 2 is 1.70 bits per heavy atom. The second-order valence-electron chi connectivity index (χ2n) is 8.51. The Hall–Kier alpha value is -2.59. The van der Waals surface area contributed by atoms with Crippen molar-refractivity contribution < 1.29 is 4.79 Å². The smallest absolute Gasteiger partial charge is 0.232 e. The van der Waals surface area contributed by atoms with Gasteiger partial charge in [-0.3, -0.25) is 4.79 Å². The monoisotopic (exact) mass is 405 g/mol. The van der Waals surface area contributed by atoms with Gasteiger partial charge in [-0.15, -0.1) is 0 Å². The van der Waals surface area contributed by atoms with Crippen molar-refractivity contribution >= 4 is 16.8 Å². The highest BCUT2D eigenvalue weighted by Gasteiger charge is 2.37. The number of carbonyl (C=O) groups excluding carboxylic acids is 1. The zero-order chi connectivity index (χ0) is 21.9. The molecule has 0 radical (unpaired) electrons. The van der Waals surface area contributed by atoms with Crippen LogP contribution < -0.4 is 5.73 Å². The van der Waals surface area contributed by atoms with Crippen LogP contribution in [-0.2, 0) is 10.2 Å². The number of likely N-dealkylation sites (N-methyl/N-ethyl adjacent to an activating group) is 1. The third kappa shape index (κ3) is 4.15. The molecular formula is C26H35N3O. The van der Waals surface area contributed by atoms with Crippen molar-refractivity contribution in [3.05, 3.63) is 65.4 Å². The molecule has 4 heteroatoms. The van der Waals surface area contributed by atoms with Gasteiger partial charge in [-0.2, -0.15) is 0 Å². The number of rotatable bonds is 8. The Bertz CT molecular complexity index is 1010. The number of aryl methyl sites for hydroxylation is 2. The van der Waals surface area contributed by atoms with Crippen LogP contribution in [0.1, 0.15) is 50.3 Å². The highest BCUT2D eigenvalue weighted by molar-refractivity contribution is 5.90. The molecule has 0 saturated carbocycles. The number of fused-ring (bicyclic) bond motifs is 1. The first-order valence-electron chi connectivity index (χ1n) is 11.0. The van der Waals surface area contributed by atoms with Crippen molar-refractivity contribution in [2.75, 3.05) is 19.6 Å². The van der Waals surface area contributed by atoms with Crippen molar-refractivity contribution in [2.24, 2.45) is 5.73 Å². The number of nitrogens with zero attached hydrogens (tertiary/aromatic N) is 2. The Balaban J connectivity index is 2.07. The van der Waals surface area contributed by atoms with E-state index in [1.54, 1.807) is 0 Å². The van der Waals surface area contributed by atoms with Gasteiger partial charge >= 0.3 is 0 Å². The van der Waals surface area contributed by atoms with Gasteiger partial charge in [-0.05, 0) is 101 Å². The summed E-state index contributed by atoms with van der Waals surface area (Å²) in [5, 5.41) is 1.15. The fourth-order valence-electron chi connectivity index (χ4n) is 4.49. The third-order valence-corrected chi connectivity index (χ3v) is 6.22. The highest BCUT2D eigenvalue weighted by atomic mass is 16.2. The molecule has 1 amide bonds. The normalized spacial score (nSPS) is 13.4. The maximum Gasteiger partial charge on any atom is 0.232 e. The molecule has 1 aromatic heterocycles. The number of benzene rings is 2. The minimum absolute atomic E-state index is 0.189. The molecule has 1 atom stereocenters. The number of hydrogen-bond acceptors (Lipinski definition) is 2. The van der Waals surface area contributed by atoms with Crippen LogP contribution in [-0.4, -0.2) is 35.0 Å². The fraction of sp³-hybridized carbons (Fsp3) is 0.423. The Labute approximate surface area is 180 Å². The van der Waals surface area contributed by atoms with Gasteiger partial charge in [0.2, 0.25) is 5.91 Å². The second kappa shape index (κ2) is 9.05. The average molecular weight is 406 g/mol. The molecule has 4 nitrogen and oxygen atoms in total. The molecule has 0 aliphatic carbocycles. The van der Waals surface area contributed by atoms with Gasteiger partial charge in [0.1, 0.15) is 0 Å². The first-order chi connectivity index (χ1) is 14.3. The lowest BCUT2D eigenvalue weighted by Gasteiger charge is -2.34. The van der Waals surface area contributed by atoms with Crippen molar-refractivity contribution in [2.45, 2.75) is 52.9 Å². The lowest BCUT2D eigenvalue weighted by molar-refractivity contribution is -0.136. The fourth-order valence-corrected chi connectivity index (χ4v) is 4.49. The summed E-state index contributed by atoms with van der Waals surface area (Å²) in [7, 11) is 0. The quantitative estimate of drug-likeness (QED) is 0.566. The molecule has 160 valence electrons. The van der Waals surface area contributed by atoms with Gasteiger partial charge in [0.05, 0.1) is 10.9 Å². The second-order valence-corrected chi connectivity index (χ2v) is 8.51. The van der Waals surface area contributed by atoms with Gasteiger partial charge in [-0.1, -0.05) is 12.1 Å². The summed E-state index contributed by atoms with van der Waals surface area (Å²) in [6, 6.07) is 15.2. The van der Waals surface area contributed by atoms with Crippen LogP contribution in [0.25, 0.3) is 16.6 Å². The Kier molecular flexibility index (Phi) is 6.67. The molecule has 0 bridgehead atoms. The van der Waals surface area contributed by atoms with Crippen LogP contribution in [0.15, 0.2) is 48.7 Å². The van der Waals surface area contributed by atoms with Crippen LogP contribution in [0.3, 0.4) is 0 Å². The van der Waals surface area contributed by atoms with E-state index in [-0.39, 0.29) is 5.91 Å². The lowest BCUT2D eigenvalue weighted by Crippen LogP contribution is -2.45. The van der Waals surface area contributed by atoms with E-state index in [1.807, 2.05) is 18.7 Å². The molecule has 2 aromatic carbocycles. The first kappa shape index (κ1) is 22.1. The molecule has 0 spiro atoms. The van der Waals surface area contributed by atoms with E-state index in [0.717, 1.165) is 42.4 Å². The van der Waals surface area contributed by atoms with Crippen LogP contribution in [0, 0.1) is 13.8 Å². The SMILES string of the molecule is CCN(CC)C(=O)C(C)(CCCN)c1ccc2c(ccn2-c2cc(C)cc(C)c2)c1. The van der Waals surface area contributed by atoms with Gasteiger partial charge in [-0.25, -0.2) is 0 Å². The summed E-state index contributed by atoms with van der Waals surface area (Å²) in [5.74, 6) is 0.189. The number of nitrogens with two attached hydrogens (primary N) is 1.